The van der Waals surface area contributed by atoms with E-state index in [1.807, 2.05) is 12.1 Å². The first-order valence-electron chi connectivity index (χ1n) is 7.48. The summed E-state index contributed by atoms with van der Waals surface area (Å²) >= 11 is 0. The maximum absolute atomic E-state index is 11.4. The summed E-state index contributed by atoms with van der Waals surface area (Å²) in [5.41, 5.74) is 3.25. The van der Waals surface area contributed by atoms with Gasteiger partial charge in [0.05, 0.1) is 4.90 Å². The predicted molar refractivity (Wildman–Crippen MR) is 94.7 cm³/mol. The largest absolute Gasteiger partial charge is 0.311 e. The van der Waals surface area contributed by atoms with E-state index in [4.69, 9.17) is 0 Å². The first kappa shape index (κ1) is 17.2. The first-order chi connectivity index (χ1) is 10.7. The van der Waals surface area contributed by atoms with E-state index in [1.165, 1.54) is 11.8 Å². The van der Waals surface area contributed by atoms with Crippen molar-refractivity contribution in [2.45, 2.75) is 37.6 Å². The monoisotopic (exact) mass is 328 g/mol. The Labute approximate surface area is 138 Å². The fraction of sp³-hybridized carbons (Fsp3) is 0.316. The maximum Gasteiger partial charge on any atom is 0.311 e. The van der Waals surface area contributed by atoms with Gasteiger partial charge >= 0.3 is 6.07 Å². The molecular formula is C19H22NO2S+. The highest BCUT2D eigenvalue weighted by molar-refractivity contribution is 7.90. The van der Waals surface area contributed by atoms with Crippen molar-refractivity contribution in [3.63, 3.8) is 0 Å². The zero-order chi connectivity index (χ0) is 17.1. The summed E-state index contributed by atoms with van der Waals surface area (Å²) in [4.78, 5) is 4.65. The molecule has 0 fully saturated rings. The van der Waals surface area contributed by atoms with E-state index in [-0.39, 0.29) is 5.41 Å². The molecule has 4 heteroatoms. The third-order valence-electron chi connectivity index (χ3n) is 3.55. The Kier molecular flexibility index (Phi) is 4.91. The number of rotatable bonds is 2. The van der Waals surface area contributed by atoms with Gasteiger partial charge in [-0.1, -0.05) is 49.9 Å². The van der Waals surface area contributed by atoms with Crippen molar-refractivity contribution < 1.29 is 8.42 Å². The standard InChI is InChI=1S/C19H22NO2S/c1-19(2,3)17-7-5-6-16(12-17)14-20-13-15-8-10-18(11-9-15)23(4,21)22/h5-12H,13H2,1-4H3/q+1. The van der Waals surface area contributed by atoms with Gasteiger partial charge in [-0.05, 0) is 35.2 Å². The Morgan fingerprint density at radius 3 is 2.26 bits per heavy atom. The average Bonchev–Trinajstić information content (AvgIpc) is 2.46. The molecule has 0 radical (unpaired) electrons. The number of hydrogen-bond donors (Lipinski definition) is 0. The second-order valence-electron chi connectivity index (χ2n) is 6.67. The highest BCUT2D eigenvalue weighted by Gasteiger charge is 2.14. The topological polar surface area (TPSA) is 38.5 Å². The minimum Gasteiger partial charge on any atom is -0.224 e. The number of sulfone groups is 1. The Morgan fingerprint density at radius 1 is 1.04 bits per heavy atom. The molecule has 2 rings (SSSR count). The summed E-state index contributed by atoms with van der Waals surface area (Å²) < 4.78 is 22.8. The predicted octanol–water partition coefficient (Wildman–Crippen LogP) is 4.27. The van der Waals surface area contributed by atoms with Gasteiger partial charge < -0.3 is 0 Å². The highest BCUT2D eigenvalue weighted by Crippen LogP contribution is 2.22. The SMILES string of the molecule is CC(C)(C)c1cccc(C#[N+]Cc2ccc(S(C)(=O)=O)cc2)c1. The lowest BCUT2D eigenvalue weighted by molar-refractivity contribution is 0.590. The van der Waals surface area contributed by atoms with E-state index in [1.54, 1.807) is 24.3 Å². The van der Waals surface area contributed by atoms with Gasteiger partial charge in [0.1, 0.15) is 5.56 Å². The molecule has 3 nitrogen and oxygen atoms in total. The third kappa shape index (κ3) is 4.94. The molecule has 2 aromatic rings. The van der Waals surface area contributed by atoms with E-state index in [0.29, 0.717) is 11.4 Å². The fourth-order valence-corrected chi connectivity index (χ4v) is 2.75. The Bertz CT molecular complexity index is 849. The fourth-order valence-electron chi connectivity index (χ4n) is 2.12. The summed E-state index contributed by atoms with van der Waals surface area (Å²) in [6.45, 7) is 7.00. The van der Waals surface area contributed by atoms with Crippen molar-refractivity contribution in [1.82, 2.24) is 0 Å². The normalized spacial score (nSPS) is 11.7. The molecule has 0 amide bonds. The van der Waals surface area contributed by atoms with E-state index in [2.05, 4.69) is 43.8 Å². The molecule has 0 aromatic heterocycles. The van der Waals surface area contributed by atoms with E-state index in [9.17, 15) is 8.42 Å². The minimum absolute atomic E-state index is 0.0964. The Hall–Kier alpha value is -2.12. The molecule has 0 spiro atoms. The molecule has 23 heavy (non-hydrogen) atoms. The lowest BCUT2D eigenvalue weighted by atomic mass is 9.86. The minimum atomic E-state index is -3.15. The van der Waals surface area contributed by atoms with Crippen molar-refractivity contribution in [2.24, 2.45) is 0 Å². The Morgan fingerprint density at radius 2 is 1.70 bits per heavy atom. The van der Waals surface area contributed by atoms with Crippen molar-refractivity contribution in [1.29, 1.82) is 0 Å². The smallest absolute Gasteiger partial charge is 0.224 e. The van der Waals surface area contributed by atoms with Crippen molar-refractivity contribution >= 4 is 9.84 Å². The molecule has 0 saturated carbocycles. The molecule has 0 aliphatic rings. The van der Waals surface area contributed by atoms with Crippen LogP contribution in [0, 0.1) is 6.07 Å². The lowest BCUT2D eigenvalue weighted by Crippen LogP contribution is -2.10. The molecule has 120 valence electrons. The van der Waals surface area contributed by atoms with Gasteiger partial charge in [0.15, 0.2) is 9.84 Å². The molecule has 0 atom stereocenters. The highest BCUT2D eigenvalue weighted by atomic mass is 32.2. The van der Waals surface area contributed by atoms with Crippen LogP contribution < -0.4 is 0 Å². The van der Waals surface area contributed by atoms with E-state index < -0.39 is 9.84 Å². The van der Waals surface area contributed by atoms with Crippen LogP contribution in [0.3, 0.4) is 0 Å². The summed E-state index contributed by atoms with van der Waals surface area (Å²) in [6, 6.07) is 18.0. The quantitative estimate of drug-likeness (QED) is 0.826. The second-order valence-corrected chi connectivity index (χ2v) is 8.69. The van der Waals surface area contributed by atoms with E-state index >= 15 is 0 Å². The molecule has 0 N–H and O–H groups in total. The number of benzene rings is 2. The molecule has 0 unspecified atom stereocenters. The van der Waals surface area contributed by atoms with Crippen LogP contribution in [0.2, 0.25) is 0 Å². The summed E-state index contributed by atoms with van der Waals surface area (Å²) in [7, 11) is -3.15. The lowest BCUT2D eigenvalue weighted by Gasteiger charge is -2.18. The Balaban J connectivity index is 2.12. The first-order valence-corrected chi connectivity index (χ1v) is 9.37. The van der Waals surface area contributed by atoms with Crippen LogP contribution in [0.5, 0.6) is 0 Å². The summed E-state index contributed by atoms with van der Waals surface area (Å²) in [5.74, 6) is 0. The maximum atomic E-state index is 11.4. The number of nitrogens with zero attached hydrogens (tertiary/aromatic N) is 1. The summed E-state index contributed by atoms with van der Waals surface area (Å²) in [6.07, 6.45) is 1.20. The van der Waals surface area contributed by atoms with Crippen LogP contribution in [0.25, 0.3) is 4.85 Å². The molecule has 2 aromatic carbocycles. The van der Waals surface area contributed by atoms with Gasteiger partial charge in [-0.3, -0.25) is 0 Å². The molecular weight excluding hydrogens is 306 g/mol. The molecule has 0 bridgehead atoms. The van der Waals surface area contributed by atoms with Gasteiger partial charge in [-0.25, -0.2) is 8.42 Å². The number of hydrogen-bond acceptors (Lipinski definition) is 2. The van der Waals surface area contributed by atoms with Crippen molar-refractivity contribution in [2.75, 3.05) is 6.26 Å². The van der Waals surface area contributed by atoms with Crippen LogP contribution in [0.1, 0.15) is 37.5 Å². The van der Waals surface area contributed by atoms with Gasteiger partial charge in [0.2, 0.25) is 0 Å². The zero-order valence-corrected chi connectivity index (χ0v) is 14.8. The molecule has 0 saturated heterocycles. The van der Waals surface area contributed by atoms with Crippen LogP contribution >= 0.6 is 0 Å². The van der Waals surface area contributed by atoms with Crippen molar-refractivity contribution in [3.8, 4) is 6.07 Å². The zero-order valence-electron chi connectivity index (χ0n) is 14.0. The van der Waals surface area contributed by atoms with E-state index in [0.717, 1.165) is 11.1 Å². The van der Waals surface area contributed by atoms with Crippen LogP contribution in [-0.2, 0) is 21.8 Å². The van der Waals surface area contributed by atoms with Crippen LogP contribution in [0.15, 0.2) is 53.4 Å². The van der Waals surface area contributed by atoms with Gasteiger partial charge in [-0.2, -0.15) is 0 Å². The summed E-state index contributed by atoms with van der Waals surface area (Å²) in [5, 5.41) is 0. The average molecular weight is 328 g/mol. The molecule has 0 heterocycles. The third-order valence-corrected chi connectivity index (χ3v) is 4.68. The molecule has 0 aliphatic heterocycles. The second kappa shape index (κ2) is 6.55. The van der Waals surface area contributed by atoms with Crippen LogP contribution in [-0.4, -0.2) is 14.7 Å². The van der Waals surface area contributed by atoms with Gasteiger partial charge in [0.25, 0.3) is 6.54 Å². The van der Waals surface area contributed by atoms with Gasteiger partial charge in [0, 0.05) is 11.8 Å². The van der Waals surface area contributed by atoms with Crippen molar-refractivity contribution in [3.05, 3.63) is 70.1 Å². The molecule has 0 aliphatic carbocycles. The van der Waals surface area contributed by atoms with Gasteiger partial charge in [-0.15, -0.1) is 0 Å². The van der Waals surface area contributed by atoms with Crippen LogP contribution in [0.4, 0.5) is 0 Å².